The summed E-state index contributed by atoms with van der Waals surface area (Å²) in [6.45, 7) is 4.95. The Morgan fingerprint density at radius 3 is 2.69 bits per heavy atom. The smallest absolute Gasteiger partial charge is 0.322 e. The summed E-state index contributed by atoms with van der Waals surface area (Å²) in [7, 11) is 0. The van der Waals surface area contributed by atoms with E-state index in [1.807, 2.05) is 13.0 Å². The van der Waals surface area contributed by atoms with Crippen molar-refractivity contribution in [1.82, 2.24) is 15.5 Å². The van der Waals surface area contributed by atoms with E-state index in [4.69, 9.17) is 0 Å². The number of carbonyl (C=O) groups is 3. The fourth-order valence-corrected chi connectivity index (χ4v) is 4.28. The first kappa shape index (κ1) is 16.9. The molecule has 3 saturated heterocycles. The van der Waals surface area contributed by atoms with Gasteiger partial charge in [0.1, 0.15) is 0 Å². The highest BCUT2D eigenvalue weighted by molar-refractivity contribution is 5.99. The molecule has 4 amide bonds. The van der Waals surface area contributed by atoms with E-state index in [1.165, 1.54) is 0 Å². The number of amides is 4. The van der Waals surface area contributed by atoms with Crippen LogP contribution in [0.3, 0.4) is 0 Å². The second-order valence-corrected chi connectivity index (χ2v) is 7.50. The first-order chi connectivity index (χ1) is 12.5. The van der Waals surface area contributed by atoms with Gasteiger partial charge in [0.15, 0.2) is 0 Å². The lowest BCUT2D eigenvalue weighted by Crippen LogP contribution is -2.47. The van der Waals surface area contributed by atoms with Crippen molar-refractivity contribution >= 4 is 23.5 Å². The number of anilines is 1. The molecule has 3 aliphatic rings. The third kappa shape index (κ3) is 2.71. The Labute approximate surface area is 152 Å². The predicted molar refractivity (Wildman–Crippen MR) is 97.1 cm³/mol. The Hall–Kier alpha value is -2.57. The number of rotatable bonds is 2. The average molecular weight is 356 g/mol. The van der Waals surface area contributed by atoms with Crippen molar-refractivity contribution in [3.8, 4) is 0 Å². The SMILES string of the molecule is Cc1ccc(C(=O)N2CCC3(CCCNC3=O)C2)cc1N1CCNC1=O. The van der Waals surface area contributed by atoms with E-state index >= 15 is 0 Å². The van der Waals surface area contributed by atoms with Crippen molar-refractivity contribution in [1.29, 1.82) is 0 Å². The van der Waals surface area contributed by atoms with Crippen LogP contribution in [0.1, 0.15) is 35.2 Å². The number of aryl methyl sites for hydroxylation is 1. The monoisotopic (exact) mass is 356 g/mol. The van der Waals surface area contributed by atoms with Crippen LogP contribution in [0.25, 0.3) is 0 Å². The van der Waals surface area contributed by atoms with E-state index in [-0.39, 0.29) is 17.8 Å². The molecular formula is C19H24N4O3. The van der Waals surface area contributed by atoms with Crippen LogP contribution in [0.5, 0.6) is 0 Å². The van der Waals surface area contributed by atoms with Gasteiger partial charge in [-0.05, 0) is 43.9 Å². The van der Waals surface area contributed by atoms with E-state index in [0.29, 0.717) is 31.7 Å². The molecule has 0 saturated carbocycles. The van der Waals surface area contributed by atoms with Crippen molar-refractivity contribution in [3.05, 3.63) is 29.3 Å². The van der Waals surface area contributed by atoms with Gasteiger partial charge in [0.25, 0.3) is 5.91 Å². The van der Waals surface area contributed by atoms with Gasteiger partial charge >= 0.3 is 6.03 Å². The van der Waals surface area contributed by atoms with Crippen molar-refractivity contribution in [3.63, 3.8) is 0 Å². The number of hydrogen-bond acceptors (Lipinski definition) is 3. The lowest BCUT2D eigenvalue weighted by atomic mass is 9.79. The molecule has 7 heteroatoms. The molecule has 3 heterocycles. The number of nitrogens with one attached hydrogen (secondary N) is 2. The van der Waals surface area contributed by atoms with Crippen LogP contribution >= 0.6 is 0 Å². The van der Waals surface area contributed by atoms with Crippen molar-refractivity contribution in [2.24, 2.45) is 5.41 Å². The molecule has 0 aliphatic carbocycles. The molecule has 0 aromatic heterocycles. The number of nitrogens with zero attached hydrogens (tertiary/aromatic N) is 2. The molecule has 1 aromatic carbocycles. The molecule has 1 atom stereocenters. The molecule has 1 aromatic rings. The third-order valence-corrected chi connectivity index (χ3v) is 5.84. The van der Waals surface area contributed by atoms with Gasteiger partial charge in [-0.2, -0.15) is 0 Å². The maximum Gasteiger partial charge on any atom is 0.322 e. The molecule has 4 rings (SSSR count). The minimum absolute atomic E-state index is 0.0684. The quantitative estimate of drug-likeness (QED) is 0.837. The Balaban J connectivity index is 1.55. The van der Waals surface area contributed by atoms with Crippen LogP contribution in [0, 0.1) is 12.3 Å². The van der Waals surface area contributed by atoms with Crippen LogP contribution < -0.4 is 15.5 Å². The van der Waals surface area contributed by atoms with Gasteiger partial charge < -0.3 is 15.5 Å². The Kier molecular flexibility index (Phi) is 4.09. The molecule has 1 spiro atoms. The molecule has 0 radical (unpaired) electrons. The summed E-state index contributed by atoms with van der Waals surface area (Å²) >= 11 is 0. The summed E-state index contributed by atoms with van der Waals surface area (Å²) in [5.41, 5.74) is 1.88. The largest absolute Gasteiger partial charge is 0.356 e. The number of hydrogen-bond donors (Lipinski definition) is 2. The third-order valence-electron chi connectivity index (χ3n) is 5.84. The summed E-state index contributed by atoms with van der Waals surface area (Å²) in [6, 6.07) is 5.36. The van der Waals surface area contributed by atoms with Crippen LogP contribution in [0.2, 0.25) is 0 Å². The maximum absolute atomic E-state index is 13.0. The van der Waals surface area contributed by atoms with E-state index in [1.54, 1.807) is 21.9 Å². The van der Waals surface area contributed by atoms with Crippen LogP contribution in [0.15, 0.2) is 18.2 Å². The topological polar surface area (TPSA) is 81.8 Å². The highest BCUT2D eigenvalue weighted by atomic mass is 16.2. The zero-order valence-electron chi connectivity index (χ0n) is 15.0. The number of piperidine rings is 1. The second kappa shape index (κ2) is 6.30. The van der Waals surface area contributed by atoms with Gasteiger partial charge in [-0.15, -0.1) is 0 Å². The first-order valence-corrected chi connectivity index (χ1v) is 9.24. The van der Waals surface area contributed by atoms with E-state index in [2.05, 4.69) is 10.6 Å². The van der Waals surface area contributed by atoms with Gasteiger partial charge in [-0.25, -0.2) is 4.79 Å². The lowest BCUT2D eigenvalue weighted by molar-refractivity contribution is -0.132. The number of carbonyl (C=O) groups excluding carboxylic acids is 3. The fourth-order valence-electron chi connectivity index (χ4n) is 4.28. The number of likely N-dealkylation sites (tertiary alicyclic amines) is 1. The van der Waals surface area contributed by atoms with Crippen LogP contribution in [-0.2, 0) is 4.79 Å². The van der Waals surface area contributed by atoms with Gasteiger partial charge in [0, 0.05) is 44.0 Å². The normalized spacial score (nSPS) is 25.6. The van der Waals surface area contributed by atoms with Gasteiger partial charge in [0.05, 0.1) is 5.41 Å². The van der Waals surface area contributed by atoms with Crippen LogP contribution in [-0.4, -0.2) is 55.5 Å². The lowest BCUT2D eigenvalue weighted by Gasteiger charge is -2.32. The molecule has 26 heavy (non-hydrogen) atoms. The van der Waals surface area contributed by atoms with Crippen molar-refractivity contribution in [2.45, 2.75) is 26.2 Å². The van der Waals surface area contributed by atoms with E-state index in [0.717, 1.165) is 37.1 Å². The highest BCUT2D eigenvalue weighted by Gasteiger charge is 2.47. The van der Waals surface area contributed by atoms with Crippen molar-refractivity contribution < 1.29 is 14.4 Å². The fraction of sp³-hybridized carbons (Fsp3) is 0.526. The highest BCUT2D eigenvalue weighted by Crippen LogP contribution is 2.38. The molecule has 1 unspecified atom stereocenters. The molecular weight excluding hydrogens is 332 g/mol. The zero-order chi connectivity index (χ0) is 18.3. The van der Waals surface area contributed by atoms with E-state index < -0.39 is 5.41 Å². The number of urea groups is 1. The minimum atomic E-state index is -0.420. The van der Waals surface area contributed by atoms with Gasteiger partial charge in [0.2, 0.25) is 5.91 Å². The number of benzene rings is 1. The van der Waals surface area contributed by atoms with Crippen molar-refractivity contribution in [2.75, 3.05) is 37.6 Å². The first-order valence-electron chi connectivity index (χ1n) is 9.24. The summed E-state index contributed by atoms with van der Waals surface area (Å²) in [5, 5.41) is 5.73. The van der Waals surface area contributed by atoms with Crippen LogP contribution in [0.4, 0.5) is 10.5 Å². The molecule has 3 fully saturated rings. The summed E-state index contributed by atoms with van der Waals surface area (Å²) in [6.07, 6.45) is 2.53. The molecule has 3 aliphatic heterocycles. The molecule has 7 nitrogen and oxygen atoms in total. The molecule has 138 valence electrons. The van der Waals surface area contributed by atoms with E-state index in [9.17, 15) is 14.4 Å². The second-order valence-electron chi connectivity index (χ2n) is 7.50. The Morgan fingerprint density at radius 2 is 1.96 bits per heavy atom. The zero-order valence-corrected chi connectivity index (χ0v) is 15.0. The van der Waals surface area contributed by atoms with Gasteiger partial charge in [-0.3, -0.25) is 14.5 Å². The van der Waals surface area contributed by atoms with Gasteiger partial charge in [-0.1, -0.05) is 6.07 Å². The minimum Gasteiger partial charge on any atom is -0.356 e. The Bertz CT molecular complexity index is 778. The summed E-state index contributed by atoms with van der Waals surface area (Å²) in [4.78, 5) is 40.8. The maximum atomic E-state index is 13.0. The summed E-state index contributed by atoms with van der Waals surface area (Å²) in [5.74, 6) is 0.0125. The summed E-state index contributed by atoms with van der Waals surface area (Å²) < 4.78 is 0. The molecule has 2 N–H and O–H groups in total. The average Bonchev–Trinajstić information content (AvgIpc) is 3.25. The molecule has 0 bridgehead atoms. The standard InChI is InChI=1S/C19H24N4O3/c1-13-3-4-14(11-15(13)23-10-8-21-18(23)26)16(24)22-9-6-19(12-22)5-2-7-20-17(19)25/h3-4,11H,2,5-10,12H2,1H3,(H,20,25)(H,21,26). The Morgan fingerprint density at radius 1 is 1.12 bits per heavy atom. The predicted octanol–water partition coefficient (Wildman–Crippen LogP) is 1.27.